The van der Waals surface area contributed by atoms with Crippen LogP contribution in [0.25, 0.3) is 11.6 Å². The van der Waals surface area contributed by atoms with E-state index >= 15 is 0 Å². The topological polar surface area (TPSA) is 0 Å². The second kappa shape index (κ2) is 9.37. The number of hydrogen-bond donors (Lipinski definition) is 0. The third-order valence-electron chi connectivity index (χ3n) is 6.22. The monoisotopic (exact) mass is 436 g/mol. The summed E-state index contributed by atoms with van der Waals surface area (Å²) in [6, 6.07) is 34.4. The molecular formula is C31H25BSi. The van der Waals surface area contributed by atoms with Crippen molar-refractivity contribution in [2.45, 2.75) is 6.92 Å². The highest BCUT2D eigenvalue weighted by molar-refractivity contribution is 7.19. The van der Waals surface area contributed by atoms with Gasteiger partial charge in [0, 0.05) is 5.56 Å². The molecule has 0 fully saturated rings. The minimum atomic E-state index is -2.64. The lowest BCUT2D eigenvalue weighted by atomic mass is 9.97. The second-order valence-electron chi connectivity index (χ2n) is 8.28. The molecule has 33 heavy (non-hydrogen) atoms. The molecule has 2 heteroatoms. The van der Waals surface area contributed by atoms with E-state index < -0.39 is 8.07 Å². The molecule has 156 valence electrons. The van der Waals surface area contributed by atoms with Crippen LogP contribution in [0.3, 0.4) is 0 Å². The molecule has 0 saturated heterocycles. The van der Waals surface area contributed by atoms with E-state index in [0.717, 1.165) is 27.7 Å². The van der Waals surface area contributed by atoms with Crippen LogP contribution in [-0.4, -0.2) is 15.9 Å². The minimum absolute atomic E-state index is 0.754. The average molecular weight is 436 g/mol. The van der Waals surface area contributed by atoms with Crippen LogP contribution in [0.4, 0.5) is 0 Å². The maximum Gasteiger partial charge on any atom is 0.179 e. The van der Waals surface area contributed by atoms with Gasteiger partial charge in [0.25, 0.3) is 0 Å². The molecule has 1 atom stereocenters. The van der Waals surface area contributed by atoms with Crippen molar-refractivity contribution in [2.24, 2.45) is 0 Å². The summed E-state index contributed by atoms with van der Waals surface area (Å²) in [6.07, 6.45) is 7.54. The molecule has 0 spiro atoms. The van der Waals surface area contributed by atoms with Crippen molar-refractivity contribution in [1.29, 1.82) is 0 Å². The smallest absolute Gasteiger partial charge is 0.115 e. The Balaban J connectivity index is 2.09. The van der Waals surface area contributed by atoms with Crippen molar-refractivity contribution in [2.75, 3.05) is 0 Å². The number of hydrogen-bond acceptors (Lipinski definition) is 0. The van der Waals surface area contributed by atoms with Crippen molar-refractivity contribution in [3.8, 4) is 12.3 Å². The van der Waals surface area contributed by atoms with Gasteiger partial charge in [-0.1, -0.05) is 121 Å². The summed E-state index contributed by atoms with van der Waals surface area (Å²) in [4.78, 5) is 0. The first-order chi connectivity index (χ1) is 16.0. The van der Waals surface area contributed by atoms with Crippen LogP contribution in [0, 0.1) is 12.3 Å². The predicted molar refractivity (Wildman–Crippen MR) is 148 cm³/mol. The summed E-state index contributed by atoms with van der Waals surface area (Å²) in [5.74, 6) is 2.75. The lowest BCUT2D eigenvalue weighted by Crippen LogP contribution is -2.74. The summed E-state index contributed by atoms with van der Waals surface area (Å²) in [6.45, 7) is 10.1. The van der Waals surface area contributed by atoms with Gasteiger partial charge in [-0.15, -0.1) is 6.42 Å². The molecule has 0 amide bonds. The lowest BCUT2D eigenvalue weighted by Gasteiger charge is -2.35. The first kappa shape index (κ1) is 22.4. The highest BCUT2D eigenvalue weighted by Crippen LogP contribution is 2.14. The zero-order valence-electron chi connectivity index (χ0n) is 18.9. The Labute approximate surface area is 199 Å². The molecule has 0 saturated carbocycles. The molecule has 4 aromatic rings. The van der Waals surface area contributed by atoms with E-state index in [1.165, 1.54) is 20.7 Å². The second-order valence-corrected chi connectivity index (χ2v) is 12.1. The van der Waals surface area contributed by atoms with E-state index in [4.69, 9.17) is 14.3 Å². The number of rotatable bonds is 6. The van der Waals surface area contributed by atoms with Crippen molar-refractivity contribution < 1.29 is 0 Å². The van der Waals surface area contributed by atoms with Crippen LogP contribution >= 0.6 is 0 Å². The lowest BCUT2D eigenvalue weighted by molar-refractivity contribution is 1.59. The largest absolute Gasteiger partial charge is 0.179 e. The van der Waals surface area contributed by atoms with E-state index in [9.17, 15) is 0 Å². The maximum absolute atomic E-state index is 6.09. The molecular weight excluding hydrogens is 411 g/mol. The third-order valence-corrected chi connectivity index (χ3v) is 11.0. The van der Waals surface area contributed by atoms with Crippen LogP contribution in [0.15, 0.2) is 110 Å². The summed E-state index contributed by atoms with van der Waals surface area (Å²) in [5, 5.41) is 5.10. The first-order valence-corrected chi connectivity index (χ1v) is 12.9. The normalized spacial score (nSPS) is 12.4. The van der Waals surface area contributed by atoms with Crippen LogP contribution in [0.2, 0.25) is 0 Å². The maximum atomic E-state index is 6.09. The van der Waals surface area contributed by atoms with Crippen molar-refractivity contribution in [3.05, 3.63) is 127 Å². The molecule has 0 aliphatic heterocycles. The Morgan fingerprint density at radius 2 is 1.18 bits per heavy atom. The van der Waals surface area contributed by atoms with Gasteiger partial charge in [0.05, 0.1) is 0 Å². The van der Waals surface area contributed by atoms with E-state index in [2.05, 4.69) is 91.9 Å². The molecule has 0 bridgehead atoms. The van der Waals surface area contributed by atoms with Crippen molar-refractivity contribution >= 4 is 53.8 Å². The Hall–Kier alpha value is -3.80. The van der Waals surface area contributed by atoms with E-state index in [-0.39, 0.29) is 0 Å². The van der Waals surface area contributed by atoms with Gasteiger partial charge in [0.2, 0.25) is 0 Å². The van der Waals surface area contributed by atoms with E-state index in [1.54, 1.807) is 0 Å². The summed E-state index contributed by atoms with van der Waals surface area (Å²) >= 11 is 0. The Kier molecular flexibility index (Phi) is 6.36. The van der Waals surface area contributed by atoms with Crippen molar-refractivity contribution in [1.82, 2.24) is 0 Å². The fraction of sp³-hybridized carbons (Fsp3) is 0.0323. The summed E-state index contributed by atoms with van der Waals surface area (Å²) in [7, 11) is 3.45. The van der Waals surface area contributed by atoms with Gasteiger partial charge in [0.1, 0.15) is 7.85 Å². The van der Waals surface area contributed by atoms with E-state index in [0.29, 0.717) is 0 Å². The fourth-order valence-corrected chi connectivity index (χ4v) is 9.09. The number of benzene rings is 4. The Morgan fingerprint density at radius 3 is 1.61 bits per heavy atom. The third kappa shape index (κ3) is 4.16. The van der Waals surface area contributed by atoms with Gasteiger partial charge < -0.3 is 0 Å². The van der Waals surface area contributed by atoms with Crippen LogP contribution in [-0.2, 0) is 0 Å². The van der Waals surface area contributed by atoms with Gasteiger partial charge >= 0.3 is 0 Å². The van der Waals surface area contributed by atoms with Gasteiger partial charge in [-0.05, 0) is 50.9 Å². The zero-order valence-corrected chi connectivity index (χ0v) is 19.9. The fourth-order valence-electron chi connectivity index (χ4n) is 4.42. The molecule has 0 aliphatic rings. The van der Waals surface area contributed by atoms with Gasteiger partial charge in [-0.25, -0.2) is 0 Å². The molecule has 0 aliphatic carbocycles. The molecule has 0 heterocycles. The average Bonchev–Trinajstić information content (AvgIpc) is 2.86. The standard InChI is InChI=1S/C31H25BSi/c1-5-24-7-15-28(16-8-24)33(31-21-13-27(32)14-22-31,29-17-9-25(6-2)10-18-29)30-19-11-26(12-20-30)23(3)4/h1,6-22H,2-3H2,4H3. The Bertz CT molecular complexity index is 1320. The van der Waals surface area contributed by atoms with Crippen LogP contribution < -0.4 is 26.2 Å². The molecule has 2 radical (unpaired) electrons. The van der Waals surface area contributed by atoms with Crippen LogP contribution in [0.5, 0.6) is 0 Å². The van der Waals surface area contributed by atoms with Crippen LogP contribution in [0.1, 0.15) is 23.6 Å². The molecule has 4 rings (SSSR count). The minimum Gasteiger partial charge on any atom is -0.115 e. The zero-order chi connectivity index (χ0) is 23.4. The van der Waals surface area contributed by atoms with E-state index in [1.807, 2.05) is 37.3 Å². The highest BCUT2D eigenvalue weighted by atomic mass is 28.3. The molecule has 0 N–H and O–H groups in total. The molecule has 0 nitrogen and oxygen atoms in total. The summed E-state index contributed by atoms with van der Waals surface area (Å²) in [5.41, 5.74) is 4.92. The van der Waals surface area contributed by atoms with Gasteiger partial charge in [-0.3, -0.25) is 0 Å². The Morgan fingerprint density at radius 1 is 0.758 bits per heavy atom. The molecule has 4 aromatic carbocycles. The number of allylic oxidation sites excluding steroid dienone is 1. The van der Waals surface area contributed by atoms with Gasteiger partial charge in [0.15, 0.2) is 8.07 Å². The quantitative estimate of drug-likeness (QED) is 0.247. The molecule has 1 unspecified atom stereocenters. The first-order valence-electron chi connectivity index (χ1n) is 10.9. The number of terminal acetylenes is 1. The molecule has 0 aromatic heterocycles. The van der Waals surface area contributed by atoms with Gasteiger partial charge in [-0.2, -0.15) is 0 Å². The predicted octanol–water partition coefficient (Wildman–Crippen LogP) is 3.52. The SMILES string of the molecule is [B]c1ccc([Si](c2ccc(C#C)cc2)(c2ccc(C=C)cc2)c2ccc(C(=C)C)cc2)cc1. The summed E-state index contributed by atoms with van der Waals surface area (Å²) < 4.78 is 0. The highest BCUT2D eigenvalue weighted by Gasteiger charge is 2.41. The van der Waals surface area contributed by atoms with Crippen molar-refractivity contribution in [3.63, 3.8) is 0 Å².